The maximum Gasteiger partial charge on any atom is 0.156 e. The predicted octanol–water partition coefficient (Wildman–Crippen LogP) is 2.40. The van der Waals surface area contributed by atoms with E-state index in [1.807, 2.05) is 0 Å². The van der Waals surface area contributed by atoms with Crippen LogP contribution in [0.15, 0.2) is 18.2 Å². The third kappa shape index (κ3) is 2.86. The Labute approximate surface area is 94.2 Å². The molecule has 0 fully saturated rings. The highest BCUT2D eigenvalue weighted by atomic mass is 35.6. The molecule has 0 radical (unpaired) electrons. The van der Waals surface area contributed by atoms with Crippen LogP contribution < -0.4 is 5.19 Å². The zero-order valence-electron chi connectivity index (χ0n) is 9.31. The van der Waals surface area contributed by atoms with Crippen molar-refractivity contribution in [3.05, 3.63) is 29.3 Å². The Balaban J connectivity index is 3.05. The van der Waals surface area contributed by atoms with Crippen molar-refractivity contribution in [1.82, 2.24) is 0 Å². The van der Waals surface area contributed by atoms with E-state index in [1.165, 1.54) is 22.7 Å². The molecule has 1 rings (SSSR count). The Kier molecular flexibility index (Phi) is 4.69. The zero-order valence-corrected chi connectivity index (χ0v) is 11.5. The van der Waals surface area contributed by atoms with Gasteiger partial charge in [-0.25, -0.2) is 0 Å². The summed E-state index contributed by atoms with van der Waals surface area (Å²) >= 11 is 6.08. The fourth-order valence-corrected chi connectivity index (χ4v) is 3.32. The number of halogens is 1. The largest absolute Gasteiger partial charge is 0.170 e. The highest BCUT2D eigenvalue weighted by molar-refractivity contribution is 7.01. The minimum absolute atomic E-state index is 0.539. The van der Waals surface area contributed by atoms with Gasteiger partial charge in [0.2, 0.25) is 0 Å². The van der Waals surface area contributed by atoms with Crippen LogP contribution in [-0.4, -0.2) is 8.83 Å². The van der Waals surface area contributed by atoms with Gasteiger partial charge < -0.3 is 0 Å². The molecule has 0 saturated heterocycles. The number of hydrogen-bond acceptors (Lipinski definition) is 0. The minimum Gasteiger partial charge on any atom is -0.170 e. The Morgan fingerprint density at radius 1 is 1.36 bits per heavy atom. The fraction of sp³-hybridized carbons (Fsp3) is 0.500. The van der Waals surface area contributed by atoms with E-state index in [2.05, 4.69) is 39.0 Å². The predicted molar refractivity (Wildman–Crippen MR) is 68.4 cm³/mol. The van der Waals surface area contributed by atoms with Crippen LogP contribution in [0.5, 0.6) is 0 Å². The molecule has 0 aliphatic rings. The molecule has 0 bridgehead atoms. The second-order valence-corrected chi connectivity index (χ2v) is 5.97. The summed E-state index contributed by atoms with van der Waals surface area (Å²) in [5.74, 6) is 0.721. The first-order valence-corrected chi connectivity index (χ1v) is 8.19. The molecule has 0 amide bonds. The van der Waals surface area contributed by atoms with Crippen molar-refractivity contribution < 1.29 is 0 Å². The van der Waals surface area contributed by atoms with Gasteiger partial charge in [-0.3, -0.25) is 0 Å². The summed E-state index contributed by atoms with van der Waals surface area (Å²) in [5.41, 5.74) is 3.02. The van der Waals surface area contributed by atoms with Gasteiger partial charge in [0, 0.05) is 0 Å². The summed E-state index contributed by atoms with van der Waals surface area (Å²) in [7, 11) is -0.539. The molecule has 0 aliphatic heterocycles. The zero-order chi connectivity index (χ0) is 10.6. The molecule has 0 unspecified atom stereocenters. The lowest BCUT2D eigenvalue weighted by atomic mass is 9.96. The van der Waals surface area contributed by atoms with Crippen molar-refractivity contribution in [3.63, 3.8) is 0 Å². The van der Waals surface area contributed by atoms with Gasteiger partial charge in [-0.05, 0) is 35.1 Å². The number of benzene rings is 1. The first-order valence-electron chi connectivity index (χ1n) is 5.34. The highest BCUT2D eigenvalue weighted by Gasteiger charge is 2.08. The van der Waals surface area contributed by atoms with E-state index in [0.717, 1.165) is 12.3 Å². The maximum absolute atomic E-state index is 6.08. The van der Waals surface area contributed by atoms with Crippen LogP contribution in [0.1, 0.15) is 31.9 Å². The average Bonchev–Trinajstić information content (AvgIpc) is 2.17. The molecule has 0 spiro atoms. The molecule has 2 heteroatoms. The molecular weight excluding hydrogens is 208 g/mol. The molecule has 0 atom stereocenters. The Morgan fingerprint density at radius 2 is 2.07 bits per heavy atom. The van der Waals surface area contributed by atoms with E-state index < -0.39 is 8.83 Å². The van der Waals surface area contributed by atoms with E-state index in [4.69, 9.17) is 11.1 Å². The molecule has 14 heavy (non-hydrogen) atoms. The van der Waals surface area contributed by atoms with Gasteiger partial charge in [-0.2, -0.15) is 11.1 Å². The molecule has 0 saturated carbocycles. The monoisotopic (exact) mass is 226 g/mol. The summed E-state index contributed by atoms with van der Waals surface area (Å²) in [6.45, 7) is 6.76. The summed E-state index contributed by atoms with van der Waals surface area (Å²) in [5, 5.41) is 1.44. The third-order valence-corrected chi connectivity index (χ3v) is 4.32. The van der Waals surface area contributed by atoms with Crippen molar-refractivity contribution >= 4 is 25.1 Å². The van der Waals surface area contributed by atoms with Gasteiger partial charge in [0.1, 0.15) is 0 Å². The summed E-state index contributed by atoms with van der Waals surface area (Å²) in [6, 6.07) is 6.59. The van der Waals surface area contributed by atoms with Crippen LogP contribution in [0.3, 0.4) is 0 Å². The lowest BCUT2D eigenvalue weighted by molar-refractivity contribution is 0.645. The molecule has 0 nitrogen and oxygen atoms in total. The summed E-state index contributed by atoms with van der Waals surface area (Å²) < 4.78 is 0. The topological polar surface area (TPSA) is 0 Å². The first-order chi connectivity index (χ1) is 6.69. The van der Waals surface area contributed by atoms with Crippen molar-refractivity contribution in [2.45, 2.75) is 33.6 Å². The normalized spacial score (nSPS) is 11.8. The number of rotatable bonds is 4. The smallest absolute Gasteiger partial charge is 0.156 e. The Bertz CT molecular complexity index is 272. The van der Waals surface area contributed by atoms with Gasteiger partial charge in [0.15, 0.2) is 8.83 Å². The number of aryl methyl sites for hydroxylation is 1. The van der Waals surface area contributed by atoms with Crippen LogP contribution >= 0.6 is 11.1 Å². The first kappa shape index (κ1) is 11.8. The van der Waals surface area contributed by atoms with Crippen molar-refractivity contribution in [2.75, 3.05) is 0 Å². The molecule has 0 N–H and O–H groups in total. The van der Waals surface area contributed by atoms with Gasteiger partial charge >= 0.3 is 0 Å². The quantitative estimate of drug-likeness (QED) is 0.547. The second kappa shape index (κ2) is 5.57. The number of hydrogen-bond donors (Lipinski definition) is 0. The van der Waals surface area contributed by atoms with Crippen LogP contribution in [0.2, 0.25) is 0 Å². The van der Waals surface area contributed by atoms with Crippen molar-refractivity contribution in [2.24, 2.45) is 5.92 Å². The molecule has 78 valence electrons. The van der Waals surface area contributed by atoms with E-state index in [1.54, 1.807) is 0 Å². The molecule has 0 aliphatic carbocycles. The standard InChI is InChI=1S/C12H19ClSi/c1-4-10-6-5-7-12(14-13)11(10)8-9(2)3/h5-7,9H,4,8,14H2,1-3H3. The molecule has 0 heterocycles. The lowest BCUT2D eigenvalue weighted by Gasteiger charge is -2.14. The van der Waals surface area contributed by atoms with Gasteiger partial charge in [-0.1, -0.05) is 39.0 Å². The Morgan fingerprint density at radius 3 is 2.57 bits per heavy atom. The van der Waals surface area contributed by atoms with Crippen molar-refractivity contribution in [1.29, 1.82) is 0 Å². The lowest BCUT2D eigenvalue weighted by Crippen LogP contribution is -2.19. The van der Waals surface area contributed by atoms with E-state index in [0.29, 0.717) is 0 Å². The van der Waals surface area contributed by atoms with Gasteiger partial charge in [-0.15, -0.1) is 0 Å². The fourth-order valence-electron chi connectivity index (χ4n) is 1.81. The van der Waals surface area contributed by atoms with Crippen LogP contribution in [0, 0.1) is 5.92 Å². The van der Waals surface area contributed by atoms with E-state index in [9.17, 15) is 0 Å². The molecular formula is C12H19ClSi. The molecule has 1 aromatic rings. The van der Waals surface area contributed by atoms with Gasteiger partial charge in [0.25, 0.3) is 0 Å². The third-order valence-electron chi connectivity index (χ3n) is 2.51. The maximum atomic E-state index is 6.08. The van der Waals surface area contributed by atoms with Crippen LogP contribution in [0.25, 0.3) is 0 Å². The van der Waals surface area contributed by atoms with E-state index in [-0.39, 0.29) is 0 Å². The molecule has 0 aromatic heterocycles. The van der Waals surface area contributed by atoms with Crippen molar-refractivity contribution in [3.8, 4) is 0 Å². The average molecular weight is 227 g/mol. The van der Waals surface area contributed by atoms with E-state index >= 15 is 0 Å². The second-order valence-electron chi connectivity index (χ2n) is 4.14. The molecule has 1 aromatic carbocycles. The Hall–Kier alpha value is -0.273. The van der Waals surface area contributed by atoms with Crippen LogP contribution in [-0.2, 0) is 12.8 Å². The SMILES string of the molecule is CCc1cccc([SiH2]Cl)c1CC(C)C. The highest BCUT2D eigenvalue weighted by Crippen LogP contribution is 2.12. The van der Waals surface area contributed by atoms with Gasteiger partial charge in [0.05, 0.1) is 0 Å². The summed E-state index contributed by atoms with van der Waals surface area (Å²) in [4.78, 5) is 0. The minimum atomic E-state index is -0.539. The van der Waals surface area contributed by atoms with Crippen LogP contribution in [0.4, 0.5) is 0 Å². The summed E-state index contributed by atoms with van der Waals surface area (Å²) in [6.07, 6.45) is 2.31.